The number of benzene rings is 1. The number of hydrogen-bond acceptors (Lipinski definition) is 6. The van der Waals surface area contributed by atoms with Gasteiger partial charge in [0.05, 0.1) is 53.0 Å². The topological polar surface area (TPSA) is 78.3 Å². The van der Waals surface area contributed by atoms with Gasteiger partial charge in [-0.1, -0.05) is 0 Å². The summed E-state index contributed by atoms with van der Waals surface area (Å²) in [5, 5.41) is 0.546. The molecule has 7 rings (SSSR count). The Morgan fingerprint density at radius 1 is 1.09 bits per heavy atom. The van der Waals surface area contributed by atoms with Crippen LogP contribution in [-0.4, -0.2) is 38.6 Å². The molecule has 4 bridgehead atoms. The lowest BCUT2D eigenvalue weighted by Crippen LogP contribution is -2.57. The first kappa shape index (κ1) is 22.8. The average molecular weight is 495 g/mol. The average Bonchev–Trinajstić information content (AvgIpc) is 3.17. The predicted molar refractivity (Wildman–Crippen MR) is 137 cm³/mol. The van der Waals surface area contributed by atoms with Gasteiger partial charge >= 0.3 is 0 Å². The Morgan fingerprint density at radius 2 is 1.77 bits per heavy atom. The number of aryl methyl sites for hydroxylation is 1. The van der Waals surface area contributed by atoms with Crippen molar-refractivity contribution in [2.75, 3.05) is 19.6 Å². The van der Waals surface area contributed by atoms with E-state index >= 15 is 0 Å². The van der Waals surface area contributed by atoms with E-state index in [1.165, 1.54) is 38.5 Å². The first-order chi connectivity index (χ1) is 16.9. The maximum absolute atomic E-state index is 13.9. The van der Waals surface area contributed by atoms with Gasteiger partial charge in [-0.3, -0.25) is 9.19 Å². The van der Waals surface area contributed by atoms with Crippen molar-refractivity contribution < 1.29 is 13.7 Å². The molecule has 7 nitrogen and oxygen atoms in total. The second-order valence-electron chi connectivity index (χ2n) is 10.9. The molecule has 1 N–H and O–H groups in total. The van der Waals surface area contributed by atoms with Crippen LogP contribution in [0.15, 0.2) is 29.6 Å². The molecule has 2 aromatic heterocycles. The summed E-state index contributed by atoms with van der Waals surface area (Å²) < 4.78 is 26.9. The highest BCUT2D eigenvalue weighted by atomic mass is 32.2. The molecule has 4 saturated carbocycles. The maximum atomic E-state index is 13.9. The fraction of sp³-hybridized carbons (Fsp3) is 0.556. The predicted octanol–water partition coefficient (Wildman–Crippen LogP) is 4.89. The molecule has 0 amide bonds. The summed E-state index contributed by atoms with van der Waals surface area (Å²) in [6, 6.07) is 5.89. The number of hydrogen-bond donors (Lipinski definition) is 1. The van der Waals surface area contributed by atoms with Crippen LogP contribution in [0.1, 0.15) is 55.3 Å². The van der Waals surface area contributed by atoms with Gasteiger partial charge < -0.3 is 14.9 Å². The van der Waals surface area contributed by atoms with Crippen LogP contribution in [0.2, 0.25) is 0 Å². The van der Waals surface area contributed by atoms with Crippen LogP contribution in [0.4, 0.5) is 0 Å². The second kappa shape index (κ2) is 8.50. The van der Waals surface area contributed by atoms with Crippen molar-refractivity contribution >= 4 is 21.8 Å². The van der Waals surface area contributed by atoms with Gasteiger partial charge in [0.2, 0.25) is 5.16 Å². The summed E-state index contributed by atoms with van der Waals surface area (Å²) >= 11 is 0. The van der Waals surface area contributed by atoms with E-state index in [0.717, 1.165) is 57.1 Å². The highest BCUT2D eigenvalue weighted by molar-refractivity contribution is 7.84. The Labute approximate surface area is 209 Å². The van der Waals surface area contributed by atoms with Crippen LogP contribution in [-0.2, 0) is 16.6 Å². The van der Waals surface area contributed by atoms with E-state index in [2.05, 4.69) is 10.4 Å². The van der Waals surface area contributed by atoms with E-state index in [1.807, 2.05) is 36.7 Å². The number of nitrogens with one attached hydrogen (secondary N) is 1. The fourth-order valence-electron chi connectivity index (χ4n) is 7.32. The maximum Gasteiger partial charge on any atom is 0.219 e. The third-order valence-electron chi connectivity index (χ3n) is 8.44. The zero-order valence-corrected chi connectivity index (χ0v) is 21.8. The Morgan fingerprint density at radius 3 is 2.40 bits per heavy atom. The number of ether oxygens (including phenoxy) is 2. The van der Waals surface area contributed by atoms with Crippen LogP contribution >= 0.6 is 0 Å². The van der Waals surface area contributed by atoms with Gasteiger partial charge in [-0.05, 0) is 82.3 Å². The minimum atomic E-state index is -1.40. The molecular weight excluding hydrogens is 460 g/mol. The summed E-state index contributed by atoms with van der Waals surface area (Å²) in [5.74, 6) is 4.26. The van der Waals surface area contributed by atoms with E-state index in [-0.39, 0.29) is 11.3 Å². The molecule has 0 aliphatic heterocycles. The molecule has 4 fully saturated rings. The third-order valence-corrected chi connectivity index (χ3v) is 9.66. The van der Waals surface area contributed by atoms with Gasteiger partial charge in [-0.15, -0.1) is 0 Å². The quantitative estimate of drug-likeness (QED) is 0.504. The monoisotopic (exact) mass is 494 g/mol. The van der Waals surface area contributed by atoms with E-state index in [1.54, 1.807) is 20.4 Å². The number of rotatable bonds is 7. The van der Waals surface area contributed by atoms with Gasteiger partial charge in [0.25, 0.3) is 0 Å². The van der Waals surface area contributed by atoms with Crippen LogP contribution < -0.4 is 14.9 Å². The molecule has 8 heteroatoms. The number of imidazole rings is 1. The molecule has 0 saturated heterocycles. The van der Waals surface area contributed by atoms with Crippen molar-refractivity contribution in [2.24, 2.45) is 17.8 Å². The van der Waals surface area contributed by atoms with Gasteiger partial charge in [0, 0.05) is 23.4 Å². The normalized spacial score (nSPS) is 27.8. The van der Waals surface area contributed by atoms with Crippen LogP contribution in [0.3, 0.4) is 0 Å². The molecule has 0 radical (unpaired) electrons. The molecule has 4 aliphatic rings. The smallest absolute Gasteiger partial charge is 0.219 e. The zero-order chi connectivity index (χ0) is 24.3. The van der Waals surface area contributed by atoms with Crippen molar-refractivity contribution in [2.45, 2.75) is 68.8 Å². The highest BCUT2D eigenvalue weighted by Crippen LogP contribution is 2.56. The molecule has 4 aliphatic carbocycles. The summed E-state index contributed by atoms with van der Waals surface area (Å²) in [7, 11) is 1.93. The Bertz CT molecular complexity index is 1280. The van der Waals surface area contributed by atoms with Crippen molar-refractivity contribution in [1.29, 1.82) is 0 Å². The standard InChI is InChI=1S/C27H34N4O3S/c1-16-14-28-23(17(2)25(16)34-4)15-35(32)26-29-22-10-21(33-3)5-6-24(22)31(26)30-27-11-18-7-19(12-27)9-20(8-18)13-27/h5-6,10,14,18-20,30H,7-9,11-13,15H2,1-4H3. The van der Waals surface area contributed by atoms with Gasteiger partial charge in [0.1, 0.15) is 11.5 Å². The second-order valence-corrected chi connectivity index (χ2v) is 12.3. The highest BCUT2D eigenvalue weighted by Gasteiger charge is 2.51. The molecule has 2 heterocycles. The minimum Gasteiger partial charge on any atom is -0.497 e. The summed E-state index contributed by atoms with van der Waals surface area (Å²) in [6.07, 6.45) is 9.50. The van der Waals surface area contributed by atoms with Crippen molar-refractivity contribution in [3.8, 4) is 11.5 Å². The van der Waals surface area contributed by atoms with Crippen LogP contribution in [0.25, 0.3) is 11.0 Å². The van der Waals surface area contributed by atoms with Gasteiger partial charge in [0.15, 0.2) is 0 Å². The lowest BCUT2D eigenvalue weighted by molar-refractivity contribution is 0.00447. The minimum absolute atomic E-state index is 0.0580. The molecule has 1 aromatic carbocycles. The lowest BCUT2D eigenvalue weighted by Gasteiger charge is -2.57. The van der Waals surface area contributed by atoms with Crippen LogP contribution in [0.5, 0.6) is 11.5 Å². The summed E-state index contributed by atoms with van der Waals surface area (Å²) in [5.41, 5.74) is 8.37. The number of nitrogens with zero attached hydrogens (tertiary/aromatic N) is 3. The Balaban J connectivity index is 1.39. The molecular formula is C27H34N4O3S. The molecule has 186 valence electrons. The lowest BCUT2D eigenvalue weighted by atomic mass is 9.53. The molecule has 3 aromatic rings. The van der Waals surface area contributed by atoms with E-state index in [4.69, 9.17) is 14.5 Å². The fourth-order valence-corrected chi connectivity index (χ4v) is 8.53. The van der Waals surface area contributed by atoms with Crippen molar-refractivity contribution in [1.82, 2.24) is 14.6 Å². The van der Waals surface area contributed by atoms with E-state index < -0.39 is 10.8 Å². The first-order valence-electron chi connectivity index (χ1n) is 12.6. The number of aromatic nitrogens is 3. The number of pyridine rings is 1. The van der Waals surface area contributed by atoms with Gasteiger partial charge in [-0.25, -0.2) is 9.66 Å². The third kappa shape index (κ3) is 3.90. The SMILES string of the molecule is COc1ccc2c(c1)nc(S(=O)Cc1ncc(C)c(OC)c1C)n2NC12CC3CC(CC(C3)C1)C2. The molecule has 35 heavy (non-hydrogen) atoms. The van der Waals surface area contributed by atoms with Gasteiger partial charge in [-0.2, -0.15) is 0 Å². The molecule has 1 atom stereocenters. The largest absolute Gasteiger partial charge is 0.497 e. The molecule has 0 spiro atoms. The zero-order valence-electron chi connectivity index (χ0n) is 21.0. The van der Waals surface area contributed by atoms with E-state index in [9.17, 15) is 4.21 Å². The number of methoxy groups -OCH3 is 2. The first-order valence-corrected chi connectivity index (χ1v) is 13.9. The summed E-state index contributed by atoms with van der Waals surface area (Å²) in [4.78, 5) is 9.46. The Hall–Kier alpha value is -2.61. The molecule has 1 unspecified atom stereocenters. The van der Waals surface area contributed by atoms with Crippen LogP contribution in [0, 0.1) is 31.6 Å². The van der Waals surface area contributed by atoms with Crippen molar-refractivity contribution in [3.05, 3.63) is 41.2 Å². The number of fused-ring (bicyclic) bond motifs is 1. The Kier molecular flexibility index (Phi) is 5.55. The summed E-state index contributed by atoms with van der Waals surface area (Å²) in [6.45, 7) is 3.95. The van der Waals surface area contributed by atoms with Crippen molar-refractivity contribution in [3.63, 3.8) is 0 Å². The van der Waals surface area contributed by atoms with E-state index in [0.29, 0.717) is 5.16 Å².